The van der Waals surface area contributed by atoms with Crippen LogP contribution in [0.25, 0.3) is 5.57 Å². The van der Waals surface area contributed by atoms with Gasteiger partial charge in [-0.05, 0) is 72.2 Å². The Bertz CT molecular complexity index is 1480. The molecule has 1 fully saturated rings. The molecule has 228 valence electrons. The van der Waals surface area contributed by atoms with Gasteiger partial charge in [0.05, 0.1) is 5.02 Å². The second-order valence-electron chi connectivity index (χ2n) is 11.9. The van der Waals surface area contributed by atoms with E-state index in [2.05, 4.69) is 35.8 Å². The average Bonchev–Trinajstić information content (AvgIpc) is 2.99. The molecule has 1 saturated heterocycles. The maximum atomic E-state index is 12.0. The van der Waals surface area contributed by atoms with Gasteiger partial charge in [-0.15, -0.1) is 0 Å². The van der Waals surface area contributed by atoms with Crippen LogP contribution in [0.3, 0.4) is 0 Å². The van der Waals surface area contributed by atoms with Gasteiger partial charge in [0, 0.05) is 62.7 Å². The number of carbonyl (C=O) groups is 1. The standard InChI is InChI=1S/C34H38Cl2N2O5/c1-34(2)13-12-24(29(20-34)23-4-6-25(35)7-5-23)21-37-14-16-38(17-15-37)26-8-10-28(33(39)40)32(18-26)43-31-11-9-27(19-30(31)36)42-22-41-3/h4-11,18-19H,12-17,20-22H2,1-3H3,(H,39,40). The lowest BCUT2D eigenvalue weighted by atomic mass is 9.72. The van der Waals surface area contributed by atoms with Crippen molar-refractivity contribution in [3.8, 4) is 17.2 Å². The highest BCUT2D eigenvalue weighted by molar-refractivity contribution is 6.32. The summed E-state index contributed by atoms with van der Waals surface area (Å²) in [5, 5.41) is 10.9. The van der Waals surface area contributed by atoms with Gasteiger partial charge in [0.2, 0.25) is 0 Å². The van der Waals surface area contributed by atoms with Gasteiger partial charge in [-0.1, -0.05) is 54.8 Å². The fourth-order valence-electron chi connectivity index (χ4n) is 5.77. The largest absolute Gasteiger partial charge is 0.478 e. The summed E-state index contributed by atoms with van der Waals surface area (Å²) >= 11 is 12.6. The molecule has 0 amide bonds. The fraction of sp³-hybridized carbons (Fsp3) is 0.382. The van der Waals surface area contributed by atoms with E-state index in [1.165, 1.54) is 30.2 Å². The van der Waals surface area contributed by atoms with E-state index in [4.69, 9.17) is 37.4 Å². The van der Waals surface area contributed by atoms with E-state index in [9.17, 15) is 9.90 Å². The van der Waals surface area contributed by atoms with Gasteiger partial charge in [0.25, 0.3) is 0 Å². The maximum absolute atomic E-state index is 12.0. The number of aromatic carboxylic acids is 1. The first-order valence-electron chi connectivity index (χ1n) is 14.5. The van der Waals surface area contributed by atoms with E-state index in [1.807, 2.05) is 18.2 Å². The van der Waals surface area contributed by atoms with E-state index >= 15 is 0 Å². The SMILES string of the molecule is COCOc1ccc(Oc2cc(N3CCN(CC4=C(c5ccc(Cl)cc5)CC(C)(C)CC4)CC3)ccc2C(=O)O)c(Cl)c1. The summed E-state index contributed by atoms with van der Waals surface area (Å²) in [7, 11) is 1.53. The highest BCUT2D eigenvalue weighted by Gasteiger charge is 2.29. The van der Waals surface area contributed by atoms with Crippen molar-refractivity contribution in [2.75, 3.05) is 51.5 Å². The van der Waals surface area contributed by atoms with Crippen molar-refractivity contribution in [3.63, 3.8) is 0 Å². The molecule has 7 nitrogen and oxygen atoms in total. The lowest BCUT2D eigenvalue weighted by Crippen LogP contribution is -2.47. The van der Waals surface area contributed by atoms with Crippen LogP contribution in [-0.4, -0.2) is 62.6 Å². The maximum Gasteiger partial charge on any atom is 0.339 e. The van der Waals surface area contributed by atoms with Crippen LogP contribution >= 0.6 is 23.2 Å². The molecule has 1 aliphatic carbocycles. The number of carboxylic acid groups (broad SMARTS) is 1. The molecule has 1 N–H and O–H groups in total. The Hall–Kier alpha value is -3.23. The molecule has 5 rings (SSSR count). The van der Waals surface area contributed by atoms with Crippen LogP contribution < -0.4 is 14.4 Å². The van der Waals surface area contributed by atoms with Gasteiger partial charge in [0.1, 0.15) is 22.8 Å². The van der Waals surface area contributed by atoms with Crippen molar-refractivity contribution < 1.29 is 24.1 Å². The minimum Gasteiger partial charge on any atom is -0.478 e. The van der Waals surface area contributed by atoms with Crippen LogP contribution in [0.5, 0.6) is 17.2 Å². The zero-order valence-electron chi connectivity index (χ0n) is 24.9. The van der Waals surface area contributed by atoms with Gasteiger partial charge in [0.15, 0.2) is 6.79 Å². The highest BCUT2D eigenvalue weighted by atomic mass is 35.5. The highest BCUT2D eigenvalue weighted by Crippen LogP contribution is 2.43. The molecule has 1 aliphatic heterocycles. The number of hydrogen-bond donors (Lipinski definition) is 1. The number of benzene rings is 3. The van der Waals surface area contributed by atoms with E-state index in [0.29, 0.717) is 16.5 Å². The Balaban J connectivity index is 1.29. The molecule has 3 aromatic carbocycles. The summed E-state index contributed by atoms with van der Waals surface area (Å²) in [6, 6.07) is 18.5. The number of methoxy groups -OCH3 is 1. The van der Waals surface area contributed by atoms with Gasteiger partial charge in [-0.2, -0.15) is 0 Å². The molecular weight excluding hydrogens is 587 g/mol. The van der Waals surface area contributed by atoms with E-state index in [1.54, 1.807) is 30.3 Å². The van der Waals surface area contributed by atoms with Crippen molar-refractivity contribution in [2.24, 2.45) is 5.41 Å². The predicted octanol–water partition coefficient (Wildman–Crippen LogP) is 8.25. The molecule has 0 aromatic heterocycles. The predicted molar refractivity (Wildman–Crippen MR) is 172 cm³/mol. The zero-order chi connectivity index (χ0) is 30.6. The number of anilines is 1. The average molecular weight is 626 g/mol. The number of nitrogens with zero attached hydrogens (tertiary/aromatic N) is 2. The Labute approximate surface area is 263 Å². The summed E-state index contributed by atoms with van der Waals surface area (Å²) in [4.78, 5) is 16.8. The first kappa shape index (κ1) is 31.2. The Kier molecular flexibility index (Phi) is 9.87. The van der Waals surface area contributed by atoms with E-state index < -0.39 is 5.97 Å². The smallest absolute Gasteiger partial charge is 0.339 e. The number of piperazine rings is 1. The third-order valence-corrected chi connectivity index (χ3v) is 8.74. The molecule has 0 atom stereocenters. The summed E-state index contributed by atoms with van der Waals surface area (Å²) in [6.45, 7) is 9.23. The van der Waals surface area contributed by atoms with E-state index in [0.717, 1.165) is 56.3 Å². The van der Waals surface area contributed by atoms with Crippen LogP contribution in [0.15, 0.2) is 66.2 Å². The molecule has 0 unspecified atom stereocenters. The molecule has 1 heterocycles. The van der Waals surface area contributed by atoms with Gasteiger partial charge in [-0.3, -0.25) is 4.90 Å². The number of carboxylic acids is 1. The molecule has 9 heteroatoms. The summed E-state index contributed by atoms with van der Waals surface area (Å²) < 4.78 is 16.4. The first-order chi connectivity index (χ1) is 20.6. The minimum atomic E-state index is -1.07. The molecule has 0 spiro atoms. The molecule has 0 bridgehead atoms. The van der Waals surface area contributed by atoms with Crippen molar-refractivity contribution in [1.29, 1.82) is 0 Å². The fourth-order valence-corrected chi connectivity index (χ4v) is 6.10. The van der Waals surface area contributed by atoms with Gasteiger partial charge in [-0.25, -0.2) is 4.79 Å². The lowest BCUT2D eigenvalue weighted by molar-refractivity contribution is 0.0511. The van der Waals surface area contributed by atoms with Crippen molar-refractivity contribution in [2.45, 2.75) is 33.1 Å². The number of ether oxygens (including phenoxy) is 3. The Morgan fingerprint density at radius 3 is 2.37 bits per heavy atom. The van der Waals surface area contributed by atoms with Crippen LogP contribution in [0.1, 0.15) is 49.0 Å². The van der Waals surface area contributed by atoms with Crippen molar-refractivity contribution in [1.82, 2.24) is 4.90 Å². The number of hydrogen-bond acceptors (Lipinski definition) is 6. The normalized spacial score (nSPS) is 17.2. The third-order valence-electron chi connectivity index (χ3n) is 8.19. The minimum absolute atomic E-state index is 0.0695. The molecule has 3 aromatic rings. The van der Waals surface area contributed by atoms with Crippen LogP contribution in [0, 0.1) is 5.41 Å². The summed E-state index contributed by atoms with van der Waals surface area (Å²) in [6.07, 6.45) is 3.35. The summed E-state index contributed by atoms with van der Waals surface area (Å²) in [5.74, 6) is 0.0408. The van der Waals surface area contributed by atoms with Crippen molar-refractivity contribution in [3.05, 3.63) is 87.4 Å². The van der Waals surface area contributed by atoms with Crippen molar-refractivity contribution >= 4 is 40.4 Å². The molecular formula is C34H38Cl2N2O5. The number of allylic oxidation sites excluding steroid dienone is 1. The third kappa shape index (κ3) is 7.84. The Morgan fingerprint density at radius 1 is 0.953 bits per heavy atom. The molecule has 43 heavy (non-hydrogen) atoms. The monoisotopic (exact) mass is 624 g/mol. The molecule has 0 saturated carbocycles. The topological polar surface area (TPSA) is 71.5 Å². The van der Waals surface area contributed by atoms with Gasteiger partial charge < -0.3 is 24.2 Å². The summed E-state index contributed by atoms with van der Waals surface area (Å²) in [5.41, 5.74) is 5.51. The quantitative estimate of drug-likeness (QED) is 0.228. The first-order valence-corrected chi connectivity index (χ1v) is 15.3. The van der Waals surface area contributed by atoms with Crippen LogP contribution in [0.2, 0.25) is 10.0 Å². The second-order valence-corrected chi connectivity index (χ2v) is 12.8. The molecule has 0 radical (unpaired) electrons. The lowest BCUT2D eigenvalue weighted by Gasteiger charge is -2.39. The van der Waals surface area contributed by atoms with Crippen LogP contribution in [-0.2, 0) is 4.74 Å². The Morgan fingerprint density at radius 2 is 1.70 bits per heavy atom. The zero-order valence-corrected chi connectivity index (χ0v) is 26.4. The second kappa shape index (κ2) is 13.6. The number of rotatable bonds is 10. The number of halogens is 2. The van der Waals surface area contributed by atoms with E-state index in [-0.39, 0.29) is 23.5 Å². The van der Waals surface area contributed by atoms with Crippen LogP contribution in [0.4, 0.5) is 5.69 Å². The van der Waals surface area contributed by atoms with Gasteiger partial charge >= 0.3 is 5.97 Å². The molecule has 2 aliphatic rings.